The number of carbonyl (C=O) groups is 1. The van der Waals surface area contributed by atoms with Gasteiger partial charge in [-0.05, 0) is 43.7 Å². The molecule has 5 nitrogen and oxygen atoms in total. The Morgan fingerprint density at radius 3 is 2.00 bits per heavy atom. The van der Waals surface area contributed by atoms with Crippen LogP contribution in [0.2, 0.25) is 0 Å². The predicted octanol–water partition coefficient (Wildman–Crippen LogP) is 3.37. The zero-order valence-electron chi connectivity index (χ0n) is 12.5. The van der Waals surface area contributed by atoms with Crippen LogP contribution in [0.25, 0.3) is 0 Å². The summed E-state index contributed by atoms with van der Waals surface area (Å²) in [6.45, 7) is 4.87. The molecule has 0 spiro atoms. The molecule has 0 aliphatic carbocycles. The fourth-order valence-electron chi connectivity index (χ4n) is 1.33. The number of esters is 1. The first-order chi connectivity index (χ1) is 10.3. The highest BCUT2D eigenvalue weighted by atomic mass is 32.3. The Kier molecular flexibility index (Phi) is 5.55. The molecule has 0 aliphatic heterocycles. The van der Waals surface area contributed by atoms with Crippen molar-refractivity contribution >= 4 is 26.4 Å². The number of ether oxygens (including phenoxy) is 1. The van der Waals surface area contributed by atoms with E-state index in [1.807, 2.05) is 0 Å². The average molecular weight is 372 g/mol. The minimum atomic E-state index is -5.70. The van der Waals surface area contributed by atoms with E-state index < -0.39 is 31.9 Å². The van der Waals surface area contributed by atoms with Crippen molar-refractivity contribution in [1.29, 1.82) is 0 Å². The van der Waals surface area contributed by atoms with Crippen LogP contribution in [-0.2, 0) is 18.5 Å². The quantitative estimate of drug-likeness (QED) is 0.343. The summed E-state index contributed by atoms with van der Waals surface area (Å²) in [5.74, 6) is -0.504. The van der Waals surface area contributed by atoms with Crippen molar-refractivity contribution < 1.29 is 34.7 Å². The molecule has 130 valence electrons. The fraction of sp³-hybridized carbons (Fsp3) is 0.308. The third-order valence-electron chi connectivity index (χ3n) is 2.49. The number of hydrogen-bond acceptors (Lipinski definition) is 5. The van der Waals surface area contributed by atoms with Crippen molar-refractivity contribution in [2.75, 3.05) is 12.5 Å². The van der Waals surface area contributed by atoms with Crippen molar-refractivity contribution in [3.05, 3.63) is 36.4 Å². The van der Waals surface area contributed by atoms with Crippen LogP contribution in [0.4, 0.5) is 13.2 Å². The molecule has 1 rings (SSSR count). The van der Waals surface area contributed by atoms with Crippen molar-refractivity contribution in [2.24, 2.45) is 0 Å². The van der Waals surface area contributed by atoms with Gasteiger partial charge in [0.25, 0.3) is 0 Å². The van der Waals surface area contributed by atoms with Gasteiger partial charge in [-0.3, -0.25) is 0 Å². The lowest BCUT2D eigenvalue weighted by molar-refractivity contribution is -0.130. The maximum absolute atomic E-state index is 12.4. The highest BCUT2D eigenvalue weighted by Crippen LogP contribution is 2.53. The molecule has 0 radical (unpaired) electrons. The van der Waals surface area contributed by atoms with E-state index >= 15 is 0 Å². The lowest BCUT2D eigenvalue weighted by Gasteiger charge is -2.30. The molecular weight excluding hydrogens is 357 g/mol. The number of benzene rings is 1. The second kappa shape index (κ2) is 6.54. The summed E-state index contributed by atoms with van der Waals surface area (Å²) >= 11 is 0. The Bertz CT molecular complexity index is 706. The molecule has 0 saturated carbocycles. The van der Waals surface area contributed by atoms with Gasteiger partial charge in [0.15, 0.2) is 0 Å². The Hall–Kier alpha value is -1.52. The smallest absolute Gasteiger partial charge is 0.423 e. The normalized spacial score (nSPS) is 13.5. The van der Waals surface area contributed by atoms with E-state index in [4.69, 9.17) is 4.74 Å². The van der Waals surface area contributed by atoms with Crippen LogP contribution in [0.5, 0.6) is 5.75 Å². The molecule has 0 aliphatic rings. The SMILES string of the molecule is C=C(C)C(=O)Oc1ccc(S(C)(C)OS(=O)(=O)C(F)(F)F)cc1. The second-order valence-corrected chi connectivity index (χ2v) is 9.70. The number of halogens is 3. The van der Waals surface area contributed by atoms with Gasteiger partial charge in [0.05, 0.1) is 0 Å². The Morgan fingerprint density at radius 1 is 1.13 bits per heavy atom. The predicted molar refractivity (Wildman–Crippen MR) is 80.7 cm³/mol. The van der Waals surface area contributed by atoms with E-state index in [1.165, 1.54) is 43.7 Å². The zero-order chi connectivity index (χ0) is 18.1. The second-order valence-electron chi connectivity index (χ2n) is 4.84. The molecule has 0 saturated heterocycles. The van der Waals surface area contributed by atoms with E-state index in [0.717, 1.165) is 0 Å². The van der Waals surface area contributed by atoms with Gasteiger partial charge in [0, 0.05) is 10.5 Å². The van der Waals surface area contributed by atoms with Gasteiger partial charge in [-0.15, -0.1) is 0 Å². The minimum absolute atomic E-state index is 0.149. The first-order valence-electron chi connectivity index (χ1n) is 6.00. The third kappa shape index (κ3) is 4.98. The molecule has 0 heterocycles. The van der Waals surface area contributed by atoms with Crippen molar-refractivity contribution in [3.63, 3.8) is 0 Å². The molecule has 23 heavy (non-hydrogen) atoms. The average Bonchev–Trinajstić information content (AvgIpc) is 2.36. The van der Waals surface area contributed by atoms with Crippen LogP contribution in [0, 0.1) is 0 Å². The molecule has 1 aromatic carbocycles. The number of alkyl halides is 3. The van der Waals surface area contributed by atoms with E-state index in [2.05, 4.69) is 10.2 Å². The summed E-state index contributed by atoms with van der Waals surface area (Å²) < 4.78 is 68.7. The van der Waals surface area contributed by atoms with Crippen LogP contribution in [0.3, 0.4) is 0 Å². The fourth-order valence-corrected chi connectivity index (χ4v) is 4.54. The topological polar surface area (TPSA) is 69.7 Å². The third-order valence-corrected chi connectivity index (χ3v) is 6.55. The van der Waals surface area contributed by atoms with Crippen LogP contribution in [0.1, 0.15) is 6.92 Å². The van der Waals surface area contributed by atoms with Gasteiger partial charge >= 0.3 is 21.6 Å². The lowest BCUT2D eigenvalue weighted by Crippen LogP contribution is -2.26. The largest absolute Gasteiger partial charge is 0.523 e. The summed E-state index contributed by atoms with van der Waals surface area (Å²) in [5, 5.41) is 0. The molecule has 0 aromatic heterocycles. The van der Waals surface area contributed by atoms with Gasteiger partial charge in [0.2, 0.25) is 0 Å². The molecule has 0 bridgehead atoms. The van der Waals surface area contributed by atoms with E-state index in [1.54, 1.807) is 0 Å². The van der Waals surface area contributed by atoms with Gasteiger partial charge < -0.3 is 4.74 Å². The summed E-state index contributed by atoms with van der Waals surface area (Å²) in [6.07, 6.45) is 2.51. The maximum atomic E-state index is 12.4. The van der Waals surface area contributed by atoms with E-state index in [-0.39, 0.29) is 16.2 Å². The maximum Gasteiger partial charge on any atom is 0.523 e. The van der Waals surface area contributed by atoms with Crippen molar-refractivity contribution in [1.82, 2.24) is 0 Å². The molecule has 0 fully saturated rings. The lowest BCUT2D eigenvalue weighted by atomic mass is 10.3. The molecule has 0 unspecified atom stereocenters. The first kappa shape index (κ1) is 19.5. The highest BCUT2D eigenvalue weighted by molar-refractivity contribution is 8.32. The standard InChI is InChI=1S/C13H15F3O5S2/c1-9(2)12(17)20-10-5-7-11(8-6-10)22(3,4)21-23(18,19)13(14,15)16/h5-8H,1H2,2-4H3. The van der Waals surface area contributed by atoms with Crippen molar-refractivity contribution in [3.8, 4) is 5.75 Å². The van der Waals surface area contributed by atoms with Gasteiger partial charge in [-0.1, -0.05) is 16.9 Å². The van der Waals surface area contributed by atoms with Gasteiger partial charge in [0.1, 0.15) is 5.75 Å². The Labute approximate surface area is 133 Å². The van der Waals surface area contributed by atoms with Crippen molar-refractivity contribution in [2.45, 2.75) is 17.3 Å². The Balaban J connectivity index is 2.98. The monoisotopic (exact) mass is 372 g/mol. The minimum Gasteiger partial charge on any atom is -0.423 e. The summed E-state index contributed by atoms with van der Waals surface area (Å²) in [5.41, 5.74) is -5.31. The van der Waals surface area contributed by atoms with Gasteiger partial charge in [-0.25, -0.2) is 8.42 Å². The molecular formula is C13H15F3O5S2. The molecule has 0 N–H and O–H groups in total. The summed E-state index contributed by atoms with van der Waals surface area (Å²) in [7, 11) is -8.43. The highest BCUT2D eigenvalue weighted by Gasteiger charge is 2.49. The molecule has 0 amide bonds. The molecule has 0 atom stereocenters. The van der Waals surface area contributed by atoms with Crippen LogP contribution >= 0.6 is 10.3 Å². The molecule has 10 heteroatoms. The van der Waals surface area contributed by atoms with Crippen LogP contribution in [-0.4, -0.2) is 32.4 Å². The van der Waals surface area contributed by atoms with Crippen LogP contribution < -0.4 is 4.74 Å². The van der Waals surface area contributed by atoms with E-state index in [9.17, 15) is 26.4 Å². The zero-order valence-corrected chi connectivity index (χ0v) is 14.1. The number of rotatable bonds is 5. The first-order valence-corrected chi connectivity index (χ1v) is 9.78. The number of carbonyl (C=O) groups excluding carboxylic acids is 1. The van der Waals surface area contributed by atoms with Crippen LogP contribution in [0.15, 0.2) is 41.3 Å². The number of hydrogen-bond donors (Lipinski definition) is 0. The summed E-state index contributed by atoms with van der Waals surface area (Å²) in [4.78, 5) is 11.6. The molecule has 1 aromatic rings. The summed E-state index contributed by atoms with van der Waals surface area (Å²) in [6, 6.07) is 5.33. The van der Waals surface area contributed by atoms with E-state index in [0.29, 0.717) is 0 Å². The Morgan fingerprint density at radius 2 is 1.61 bits per heavy atom. The van der Waals surface area contributed by atoms with Gasteiger partial charge in [-0.2, -0.15) is 21.6 Å².